The standard InChI is InChI=1S/C14H18N4O4/c1-9(19)12(15)7-17-13(20)8-22-18-6-10-2-4-11(5-3-10)14(16)21/h2-6,12H,7-8,15H2,1H3,(H2,16,21)(H,17,20)/b18-6-. The maximum absolute atomic E-state index is 11.4. The van der Waals surface area contributed by atoms with Gasteiger partial charge < -0.3 is 21.6 Å². The van der Waals surface area contributed by atoms with E-state index < -0.39 is 17.9 Å². The van der Waals surface area contributed by atoms with Crippen LogP contribution in [0.2, 0.25) is 0 Å². The third-order valence-electron chi connectivity index (χ3n) is 2.71. The van der Waals surface area contributed by atoms with E-state index in [0.717, 1.165) is 0 Å². The van der Waals surface area contributed by atoms with Gasteiger partial charge in [-0.2, -0.15) is 0 Å². The van der Waals surface area contributed by atoms with Gasteiger partial charge in [-0.3, -0.25) is 14.4 Å². The van der Waals surface area contributed by atoms with Crippen molar-refractivity contribution >= 4 is 23.8 Å². The Hall–Kier alpha value is -2.74. The highest BCUT2D eigenvalue weighted by Crippen LogP contribution is 2.01. The second-order valence-corrected chi connectivity index (χ2v) is 4.52. The number of Topliss-reactive ketones (excluding diaryl/α,β-unsaturated/α-hetero) is 1. The van der Waals surface area contributed by atoms with Crippen LogP contribution >= 0.6 is 0 Å². The number of rotatable bonds is 8. The highest BCUT2D eigenvalue weighted by atomic mass is 16.6. The van der Waals surface area contributed by atoms with Crippen LogP contribution in [0.3, 0.4) is 0 Å². The average molecular weight is 306 g/mol. The van der Waals surface area contributed by atoms with Crippen molar-refractivity contribution in [2.75, 3.05) is 13.2 Å². The molecule has 0 fully saturated rings. The van der Waals surface area contributed by atoms with Gasteiger partial charge in [0, 0.05) is 12.1 Å². The number of nitrogens with two attached hydrogens (primary N) is 2. The second kappa shape index (κ2) is 8.53. The average Bonchev–Trinajstić information content (AvgIpc) is 2.49. The third-order valence-corrected chi connectivity index (χ3v) is 2.71. The Labute approximate surface area is 127 Å². The van der Waals surface area contributed by atoms with Crippen molar-refractivity contribution in [2.45, 2.75) is 13.0 Å². The molecule has 0 aliphatic rings. The first-order chi connectivity index (χ1) is 10.4. The van der Waals surface area contributed by atoms with E-state index in [1.807, 2.05) is 0 Å². The minimum atomic E-state index is -0.726. The fraction of sp³-hybridized carbons (Fsp3) is 0.286. The Kier molecular flexibility index (Phi) is 6.71. The van der Waals surface area contributed by atoms with Crippen LogP contribution in [0.4, 0.5) is 0 Å². The molecule has 1 aromatic rings. The number of hydrogen-bond donors (Lipinski definition) is 3. The molecule has 1 atom stereocenters. The summed E-state index contributed by atoms with van der Waals surface area (Å²) in [5.41, 5.74) is 11.6. The number of benzene rings is 1. The highest BCUT2D eigenvalue weighted by Gasteiger charge is 2.09. The van der Waals surface area contributed by atoms with Gasteiger partial charge in [-0.05, 0) is 24.6 Å². The van der Waals surface area contributed by atoms with Crippen molar-refractivity contribution in [1.82, 2.24) is 5.32 Å². The molecule has 1 aromatic carbocycles. The summed E-state index contributed by atoms with van der Waals surface area (Å²) in [6.45, 7) is 1.11. The van der Waals surface area contributed by atoms with E-state index in [9.17, 15) is 14.4 Å². The molecule has 0 heterocycles. The molecule has 1 rings (SSSR count). The molecule has 22 heavy (non-hydrogen) atoms. The molecule has 0 aliphatic carbocycles. The molecule has 0 saturated carbocycles. The van der Waals surface area contributed by atoms with Crippen LogP contribution in [-0.2, 0) is 14.4 Å². The minimum Gasteiger partial charge on any atom is -0.386 e. The summed E-state index contributed by atoms with van der Waals surface area (Å²) in [6, 6.07) is 5.66. The number of ketones is 1. The van der Waals surface area contributed by atoms with Crippen LogP contribution in [0, 0.1) is 0 Å². The summed E-state index contributed by atoms with van der Waals surface area (Å²) in [6.07, 6.45) is 1.39. The summed E-state index contributed by atoms with van der Waals surface area (Å²) >= 11 is 0. The molecule has 5 N–H and O–H groups in total. The number of carbonyl (C=O) groups is 3. The van der Waals surface area contributed by atoms with Gasteiger partial charge in [0.2, 0.25) is 5.91 Å². The van der Waals surface area contributed by atoms with Crippen LogP contribution in [0.1, 0.15) is 22.8 Å². The quantitative estimate of drug-likeness (QED) is 0.425. The van der Waals surface area contributed by atoms with Gasteiger partial charge in [0.05, 0.1) is 12.3 Å². The molecular formula is C14H18N4O4. The van der Waals surface area contributed by atoms with E-state index in [4.69, 9.17) is 16.3 Å². The van der Waals surface area contributed by atoms with Crippen LogP contribution in [0.25, 0.3) is 0 Å². The number of carbonyl (C=O) groups excluding carboxylic acids is 3. The molecular weight excluding hydrogens is 288 g/mol. The molecule has 8 heteroatoms. The number of nitrogens with zero attached hydrogens (tertiary/aromatic N) is 1. The van der Waals surface area contributed by atoms with Crippen molar-refractivity contribution in [1.29, 1.82) is 0 Å². The molecule has 118 valence electrons. The Morgan fingerprint density at radius 1 is 1.32 bits per heavy atom. The minimum absolute atomic E-state index is 0.0514. The lowest BCUT2D eigenvalue weighted by molar-refractivity contribution is -0.125. The van der Waals surface area contributed by atoms with Gasteiger partial charge in [-0.1, -0.05) is 17.3 Å². The van der Waals surface area contributed by atoms with Crippen LogP contribution < -0.4 is 16.8 Å². The molecule has 0 spiro atoms. The van der Waals surface area contributed by atoms with Gasteiger partial charge in [0.15, 0.2) is 6.61 Å². The lowest BCUT2D eigenvalue weighted by atomic mass is 10.1. The number of amides is 2. The summed E-state index contributed by atoms with van der Waals surface area (Å²) in [4.78, 5) is 38.0. The molecule has 0 saturated heterocycles. The monoisotopic (exact) mass is 306 g/mol. The Bertz CT molecular complexity index is 569. The molecule has 1 unspecified atom stereocenters. The number of primary amides is 1. The first kappa shape index (κ1) is 17.3. The fourth-order valence-electron chi connectivity index (χ4n) is 1.35. The van der Waals surface area contributed by atoms with E-state index in [-0.39, 0.29) is 18.9 Å². The van der Waals surface area contributed by atoms with Crippen LogP contribution in [0.15, 0.2) is 29.4 Å². The summed E-state index contributed by atoms with van der Waals surface area (Å²) in [5, 5.41) is 6.07. The molecule has 0 bridgehead atoms. The summed E-state index contributed by atoms with van der Waals surface area (Å²) in [5.74, 6) is -1.16. The first-order valence-corrected chi connectivity index (χ1v) is 6.48. The zero-order valence-electron chi connectivity index (χ0n) is 12.1. The lowest BCUT2D eigenvalue weighted by Crippen LogP contribution is -2.42. The largest absolute Gasteiger partial charge is 0.386 e. The maximum atomic E-state index is 11.4. The van der Waals surface area contributed by atoms with E-state index in [2.05, 4.69) is 10.5 Å². The van der Waals surface area contributed by atoms with E-state index in [1.165, 1.54) is 13.1 Å². The number of nitrogens with one attached hydrogen (secondary N) is 1. The fourth-order valence-corrected chi connectivity index (χ4v) is 1.35. The Balaban J connectivity index is 2.32. The highest BCUT2D eigenvalue weighted by molar-refractivity contribution is 5.93. The topological polar surface area (TPSA) is 137 Å². The maximum Gasteiger partial charge on any atom is 0.260 e. The zero-order chi connectivity index (χ0) is 16.5. The first-order valence-electron chi connectivity index (χ1n) is 6.48. The molecule has 0 radical (unpaired) electrons. The SMILES string of the molecule is CC(=O)C(N)CNC(=O)CO/N=C\c1ccc(C(N)=O)cc1. The van der Waals surface area contributed by atoms with Crippen molar-refractivity contribution in [3.05, 3.63) is 35.4 Å². The van der Waals surface area contributed by atoms with Gasteiger partial charge in [0.25, 0.3) is 5.91 Å². The van der Waals surface area contributed by atoms with E-state index in [0.29, 0.717) is 11.1 Å². The van der Waals surface area contributed by atoms with Gasteiger partial charge in [-0.15, -0.1) is 0 Å². The summed E-state index contributed by atoms with van der Waals surface area (Å²) in [7, 11) is 0. The zero-order valence-corrected chi connectivity index (χ0v) is 12.1. The number of hydrogen-bond acceptors (Lipinski definition) is 6. The molecule has 0 aliphatic heterocycles. The van der Waals surface area contributed by atoms with Gasteiger partial charge >= 0.3 is 0 Å². The number of oxime groups is 1. The molecule has 2 amide bonds. The molecule has 8 nitrogen and oxygen atoms in total. The van der Waals surface area contributed by atoms with E-state index >= 15 is 0 Å². The predicted molar refractivity (Wildman–Crippen MR) is 80.2 cm³/mol. The van der Waals surface area contributed by atoms with Crippen molar-refractivity contribution in [2.24, 2.45) is 16.6 Å². The van der Waals surface area contributed by atoms with Crippen molar-refractivity contribution < 1.29 is 19.2 Å². The predicted octanol–water partition coefficient (Wildman–Crippen LogP) is -0.831. The van der Waals surface area contributed by atoms with Crippen LogP contribution in [0.5, 0.6) is 0 Å². The second-order valence-electron chi connectivity index (χ2n) is 4.52. The van der Waals surface area contributed by atoms with Gasteiger partial charge in [0.1, 0.15) is 5.78 Å². The Morgan fingerprint density at radius 3 is 2.50 bits per heavy atom. The van der Waals surface area contributed by atoms with Gasteiger partial charge in [-0.25, -0.2) is 0 Å². The normalized spacial score (nSPS) is 11.9. The van der Waals surface area contributed by atoms with E-state index in [1.54, 1.807) is 24.3 Å². The van der Waals surface area contributed by atoms with Crippen LogP contribution in [-0.4, -0.2) is 43.0 Å². The third kappa shape index (κ3) is 6.14. The Morgan fingerprint density at radius 2 is 1.95 bits per heavy atom. The van der Waals surface area contributed by atoms with Crippen molar-refractivity contribution in [3.63, 3.8) is 0 Å². The smallest absolute Gasteiger partial charge is 0.260 e. The summed E-state index contributed by atoms with van der Waals surface area (Å²) < 4.78 is 0. The lowest BCUT2D eigenvalue weighted by Gasteiger charge is -2.08. The molecule has 0 aromatic heterocycles. The van der Waals surface area contributed by atoms with Crippen molar-refractivity contribution in [3.8, 4) is 0 Å².